The Labute approximate surface area is 116 Å². The fourth-order valence-electron chi connectivity index (χ4n) is 1.29. The van der Waals surface area contributed by atoms with Gasteiger partial charge in [-0.3, -0.25) is 4.79 Å². The number of hydrogen-bond donors (Lipinski definition) is 0. The molecule has 0 aliphatic carbocycles. The fourth-order valence-corrected chi connectivity index (χ4v) is 2.31. The normalized spacial score (nSPS) is 11.0. The molecule has 0 heterocycles. The predicted molar refractivity (Wildman–Crippen MR) is 77.8 cm³/mol. The van der Waals surface area contributed by atoms with E-state index in [4.69, 9.17) is 23.2 Å². The maximum atomic E-state index is 10.7. The van der Waals surface area contributed by atoms with Gasteiger partial charge in [-0.15, -0.1) is 11.6 Å². The van der Waals surface area contributed by atoms with E-state index < -0.39 is 0 Å². The van der Waals surface area contributed by atoms with Crippen LogP contribution in [-0.2, 0) is 10.7 Å². The summed E-state index contributed by atoms with van der Waals surface area (Å²) in [5, 5.41) is 0.860. The second-order valence-corrected chi connectivity index (χ2v) is 5.46. The van der Waals surface area contributed by atoms with Gasteiger partial charge in [-0.25, -0.2) is 0 Å². The Kier molecular flexibility index (Phi) is 6.71. The highest BCUT2D eigenvalue weighted by Gasteiger charge is 1.98. The first-order valence-corrected chi connectivity index (χ1v) is 7.17. The monoisotopic (exact) mass is 288 g/mol. The first-order valence-electron chi connectivity index (χ1n) is 5.28. The van der Waals surface area contributed by atoms with Gasteiger partial charge < -0.3 is 0 Å². The predicted octanol–water partition coefficient (Wildman–Crippen LogP) is 4.76. The maximum Gasteiger partial charge on any atom is 0.185 e. The summed E-state index contributed by atoms with van der Waals surface area (Å²) in [5.41, 5.74) is 2.02. The van der Waals surface area contributed by atoms with Crippen LogP contribution in [0.2, 0.25) is 5.02 Å². The molecule has 0 saturated carbocycles. The molecule has 0 radical (unpaired) electrons. The summed E-state index contributed by atoms with van der Waals surface area (Å²) in [5.74, 6) is 1.24. The lowest BCUT2D eigenvalue weighted by molar-refractivity contribution is -0.109. The molecule has 0 amide bonds. The lowest BCUT2D eigenvalue weighted by Crippen LogP contribution is -1.84. The van der Waals surface area contributed by atoms with Crippen molar-refractivity contribution in [2.75, 3.05) is 5.75 Å². The Morgan fingerprint density at radius 1 is 1.47 bits per heavy atom. The van der Waals surface area contributed by atoms with E-state index in [0.29, 0.717) is 10.9 Å². The van der Waals surface area contributed by atoms with Crippen molar-refractivity contribution in [2.24, 2.45) is 0 Å². The third-order valence-electron chi connectivity index (χ3n) is 2.11. The Hall–Kier alpha value is -0.440. The molecule has 4 heteroatoms. The third kappa shape index (κ3) is 5.62. The minimum absolute atomic E-state index is 0.161. The Balaban J connectivity index is 2.50. The number of thioether (sulfide) groups is 1. The molecule has 0 unspecified atom stereocenters. The summed E-state index contributed by atoms with van der Waals surface area (Å²) in [4.78, 5) is 10.7. The van der Waals surface area contributed by atoms with Crippen LogP contribution in [0.15, 0.2) is 24.3 Å². The molecule has 1 aromatic carbocycles. The molecule has 0 fully saturated rings. The summed E-state index contributed by atoms with van der Waals surface area (Å²) < 4.78 is 0. The van der Waals surface area contributed by atoms with Gasteiger partial charge in [0.15, 0.2) is 5.12 Å². The third-order valence-corrected chi connectivity index (χ3v) is 3.62. The van der Waals surface area contributed by atoms with Crippen molar-refractivity contribution in [1.29, 1.82) is 0 Å². The van der Waals surface area contributed by atoms with E-state index in [-0.39, 0.29) is 5.12 Å². The van der Waals surface area contributed by atoms with Crippen LogP contribution < -0.4 is 0 Å². The van der Waals surface area contributed by atoms with Gasteiger partial charge in [-0.2, -0.15) is 0 Å². The van der Waals surface area contributed by atoms with E-state index in [9.17, 15) is 4.79 Å². The highest BCUT2D eigenvalue weighted by molar-refractivity contribution is 8.13. The SMILES string of the molecule is CC(=O)SCCC=Cc1ccc(Cl)c(CCl)c1. The van der Waals surface area contributed by atoms with Crippen LogP contribution in [0, 0.1) is 0 Å². The van der Waals surface area contributed by atoms with E-state index in [1.807, 2.05) is 24.3 Å². The highest BCUT2D eigenvalue weighted by Crippen LogP contribution is 2.20. The maximum absolute atomic E-state index is 10.7. The summed E-state index contributed by atoms with van der Waals surface area (Å²) in [7, 11) is 0. The van der Waals surface area contributed by atoms with E-state index in [1.54, 1.807) is 6.92 Å². The van der Waals surface area contributed by atoms with Gasteiger partial charge in [0, 0.05) is 23.6 Å². The Morgan fingerprint density at radius 2 is 2.24 bits per heavy atom. The number of hydrogen-bond acceptors (Lipinski definition) is 2. The van der Waals surface area contributed by atoms with E-state index in [0.717, 1.165) is 23.3 Å². The minimum atomic E-state index is 0.161. The van der Waals surface area contributed by atoms with Crippen molar-refractivity contribution >= 4 is 46.2 Å². The van der Waals surface area contributed by atoms with Gasteiger partial charge in [0.25, 0.3) is 0 Å². The number of carbonyl (C=O) groups is 1. The quantitative estimate of drug-likeness (QED) is 0.574. The number of allylic oxidation sites excluding steroid dienone is 1. The zero-order valence-electron chi connectivity index (χ0n) is 9.58. The molecule has 1 rings (SSSR count). The molecule has 17 heavy (non-hydrogen) atoms. The highest BCUT2D eigenvalue weighted by atomic mass is 35.5. The standard InChI is InChI=1S/C13H14Cl2OS/c1-10(16)17-7-3-2-4-11-5-6-13(15)12(8-11)9-14/h2,4-6,8H,3,7,9H2,1H3. The number of carbonyl (C=O) groups excluding carboxylic acids is 1. The van der Waals surface area contributed by atoms with E-state index >= 15 is 0 Å². The zero-order chi connectivity index (χ0) is 12.7. The Morgan fingerprint density at radius 3 is 2.88 bits per heavy atom. The van der Waals surface area contributed by atoms with Gasteiger partial charge in [0.2, 0.25) is 0 Å². The Bertz CT molecular complexity index is 416. The van der Waals surface area contributed by atoms with Crippen molar-refractivity contribution in [3.05, 3.63) is 40.4 Å². The van der Waals surface area contributed by atoms with Crippen molar-refractivity contribution in [3.63, 3.8) is 0 Å². The van der Waals surface area contributed by atoms with Crippen LogP contribution >= 0.6 is 35.0 Å². The molecule has 0 spiro atoms. The summed E-state index contributed by atoms with van der Waals surface area (Å²) in [6.07, 6.45) is 4.95. The lowest BCUT2D eigenvalue weighted by atomic mass is 10.1. The van der Waals surface area contributed by atoms with Crippen LogP contribution in [0.1, 0.15) is 24.5 Å². The largest absolute Gasteiger partial charge is 0.288 e. The van der Waals surface area contributed by atoms with Crippen LogP contribution in [0.25, 0.3) is 6.08 Å². The van der Waals surface area contributed by atoms with Gasteiger partial charge in [0.1, 0.15) is 0 Å². The van der Waals surface area contributed by atoms with Crippen molar-refractivity contribution < 1.29 is 4.79 Å². The molecule has 0 atom stereocenters. The summed E-state index contributed by atoms with van der Waals surface area (Å²) >= 11 is 13.1. The minimum Gasteiger partial charge on any atom is -0.288 e. The number of benzene rings is 1. The smallest absolute Gasteiger partial charge is 0.185 e. The molecule has 0 aliphatic heterocycles. The fraction of sp³-hybridized carbons (Fsp3) is 0.308. The molecule has 0 aliphatic rings. The van der Waals surface area contributed by atoms with E-state index in [1.165, 1.54) is 11.8 Å². The van der Waals surface area contributed by atoms with Crippen molar-refractivity contribution in [2.45, 2.75) is 19.2 Å². The van der Waals surface area contributed by atoms with Crippen LogP contribution in [0.4, 0.5) is 0 Å². The molecule has 0 saturated heterocycles. The van der Waals surface area contributed by atoms with Crippen LogP contribution in [0.3, 0.4) is 0 Å². The summed E-state index contributed by atoms with van der Waals surface area (Å²) in [6, 6.07) is 5.78. The van der Waals surface area contributed by atoms with Gasteiger partial charge in [-0.05, 0) is 29.7 Å². The topological polar surface area (TPSA) is 17.1 Å². The number of rotatable bonds is 5. The second-order valence-electron chi connectivity index (χ2n) is 3.52. The van der Waals surface area contributed by atoms with Gasteiger partial charge in [-0.1, -0.05) is 41.6 Å². The molecule has 0 N–H and O–H groups in total. The average molecular weight is 289 g/mol. The second kappa shape index (κ2) is 7.80. The molecule has 1 aromatic rings. The van der Waals surface area contributed by atoms with Gasteiger partial charge in [0.05, 0.1) is 0 Å². The molecular formula is C13H14Cl2OS. The molecule has 1 nitrogen and oxygen atoms in total. The molecular weight excluding hydrogens is 275 g/mol. The molecule has 0 bridgehead atoms. The lowest BCUT2D eigenvalue weighted by Gasteiger charge is -2.01. The van der Waals surface area contributed by atoms with Gasteiger partial charge >= 0.3 is 0 Å². The number of alkyl halides is 1. The molecule has 0 aromatic heterocycles. The van der Waals surface area contributed by atoms with Crippen molar-refractivity contribution in [1.82, 2.24) is 0 Å². The average Bonchev–Trinajstić information content (AvgIpc) is 2.30. The van der Waals surface area contributed by atoms with Crippen LogP contribution in [0.5, 0.6) is 0 Å². The zero-order valence-corrected chi connectivity index (χ0v) is 11.9. The van der Waals surface area contributed by atoms with Crippen LogP contribution in [-0.4, -0.2) is 10.9 Å². The number of halogens is 2. The first kappa shape index (κ1) is 14.6. The molecule has 92 valence electrons. The van der Waals surface area contributed by atoms with Crippen molar-refractivity contribution in [3.8, 4) is 0 Å². The summed E-state index contributed by atoms with van der Waals surface area (Å²) in [6.45, 7) is 1.58. The first-order chi connectivity index (χ1) is 8.13. The van der Waals surface area contributed by atoms with E-state index in [2.05, 4.69) is 6.08 Å².